The van der Waals surface area contributed by atoms with E-state index in [-0.39, 0.29) is 29.2 Å². The van der Waals surface area contributed by atoms with Crippen molar-refractivity contribution >= 4 is 41.3 Å². The fraction of sp³-hybridized carbons (Fsp3) is 0.656. The molecule has 4 rings (SSSR count). The van der Waals surface area contributed by atoms with Gasteiger partial charge in [-0.15, -0.1) is 11.8 Å². The number of nitrogens with one attached hydrogen (secondary N) is 3. The summed E-state index contributed by atoms with van der Waals surface area (Å²) < 4.78 is 0. The number of carbonyl (C=O) groups is 5. The predicted molar refractivity (Wildman–Crippen MR) is 166 cm³/mol. The first-order chi connectivity index (χ1) is 20.2. The van der Waals surface area contributed by atoms with E-state index in [9.17, 15) is 24.0 Å². The van der Waals surface area contributed by atoms with E-state index in [2.05, 4.69) is 29.8 Å². The smallest absolute Gasteiger partial charge is 0.315 e. The van der Waals surface area contributed by atoms with Crippen molar-refractivity contribution in [2.24, 2.45) is 28.9 Å². The number of nitrogens with two attached hydrogens (primary N) is 1. The Balaban J connectivity index is 1.46. The van der Waals surface area contributed by atoms with Crippen LogP contribution in [0.2, 0.25) is 0 Å². The number of primary amides is 1. The molecule has 1 unspecified atom stereocenters. The Morgan fingerprint density at radius 1 is 1.05 bits per heavy atom. The lowest BCUT2D eigenvalue weighted by molar-refractivity contribution is -0.143. The predicted octanol–water partition coefficient (Wildman–Crippen LogP) is 3.24. The second-order valence-electron chi connectivity index (χ2n) is 14.0. The van der Waals surface area contributed by atoms with Gasteiger partial charge in [-0.3, -0.25) is 19.2 Å². The molecule has 4 atom stereocenters. The molecule has 43 heavy (non-hydrogen) atoms. The minimum Gasteiger partial charge on any atom is -0.363 e. The van der Waals surface area contributed by atoms with Crippen molar-refractivity contribution in [1.82, 2.24) is 20.9 Å². The molecule has 1 heterocycles. The lowest BCUT2D eigenvalue weighted by Crippen LogP contribution is -2.60. The summed E-state index contributed by atoms with van der Waals surface area (Å²) >= 11 is 1.69. The maximum atomic E-state index is 14.2. The highest BCUT2D eigenvalue weighted by Gasteiger charge is 2.48. The van der Waals surface area contributed by atoms with Crippen LogP contribution in [0.3, 0.4) is 0 Å². The summed E-state index contributed by atoms with van der Waals surface area (Å²) in [7, 11) is 0. The molecular weight excluding hydrogens is 566 g/mol. The highest BCUT2D eigenvalue weighted by molar-refractivity contribution is 7.99. The molecule has 236 valence electrons. The number of nitrogens with zero attached hydrogens (tertiary/aromatic N) is 1. The van der Waals surface area contributed by atoms with Gasteiger partial charge in [0.1, 0.15) is 12.1 Å². The largest absolute Gasteiger partial charge is 0.363 e. The normalized spacial score (nSPS) is 22.4. The Labute approximate surface area is 259 Å². The zero-order valence-electron chi connectivity index (χ0n) is 26.0. The summed E-state index contributed by atoms with van der Waals surface area (Å²) in [5.74, 6) is -1.43. The fourth-order valence-corrected chi connectivity index (χ4v) is 6.77. The first-order valence-corrected chi connectivity index (χ1v) is 16.4. The molecule has 1 aromatic rings. The Kier molecular flexibility index (Phi) is 10.1. The van der Waals surface area contributed by atoms with Gasteiger partial charge in [0.2, 0.25) is 17.6 Å². The summed E-state index contributed by atoms with van der Waals surface area (Å²) in [6.07, 6.45) is 4.40. The van der Waals surface area contributed by atoms with E-state index in [1.165, 1.54) is 0 Å². The van der Waals surface area contributed by atoms with E-state index in [0.29, 0.717) is 19.4 Å². The van der Waals surface area contributed by atoms with Crippen molar-refractivity contribution in [3.05, 3.63) is 30.3 Å². The van der Waals surface area contributed by atoms with Gasteiger partial charge in [-0.2, -0.15) is 0 Å². The molecule has 5 N–H and O–H groups in total. The van der Waals surface area contributed by atoms with Gasteiger partial charge in [0.15, 0.2) is 0 Å². The third kappa shape index (κ3) is 8.74. The monoisotopic (exact) mass is 613 g/mol. The number of carbonyl (C=O) groups excluding carboxylic acids is 5. The minimum absolute atomic E-state index is 0.0626. The van der Waals surface area contributed by atoms with E-state index in [4.69, 9.17) is 5.73 Å². The Bertz CT molecular complexity index is 1210. The van der Waals surface area contributed by atoms with E-state index >= 15 is 0 Å². The highest BCUT2D eigenvalue weighted by atomic mass is 32.2. The van der Waals surface area contributed by atoms with Crippen LogP contribution in [-0.2, 0) is 19.2 Å². The second-order valence-corrected chi connectivity index (χ2v) is 15.0. The van der Waals surface area contributed by atoms with Crippen molar-refractivity contribution in [3.63, 3.8) is 0 Å². The standard InChI is InChI=1S/C32H47N5O5S/c1-19(2)21-16-24(28(40)34-23(15-20-11-12-20)25(38)27(33)39)37(17-21)29(41)26(31(3,4)5)35-30(42)36-32(13-14-32)18-43-22-9-7-6-8-10-22/h6-10,19-21,23-24,26H,11-18H2,1-5H3,(H2,33,39)(H,34,40)(H2,35,36,42)/t21-,23?,24+,26-/m1/s1. The number of Topliss-reactive ketones (excluding diaryl/α,β-unsaturated/α-hetero) is 1. The van der Waals surface area contributed by atoms with Crippen LogP contribution in [0.5, 0.6) is 0 Å². The Hall–Kier alpha value is -3.08. The van der Waals surface area contributed by atoms with Crippen LogP contribution in [0, 0.1) is 23.2 Å². The van der Waals surface area contributed by atoms with Gasteiger partial charge in [0, 0.05) is 17.2 Å². The van der Waals surface area contributed by atoms with E-state index in [0.717, 1.165) is 36.3 Å². The first kappa shape index (κ1) is 32.8. The Morgan fingerprint density at radius 2 is 1.70 bits per heavy atom. The van der Waals surface area contributed by atoms with Crippen molar-refractivity contribution < 1.29 is 24.0 Å². The molecule has 0 bridgehead atoms. The van der Waals surface area contributed by atoms with Gasteiger partial charge >= 0.3 is 6.03 Å². The number of ketones is 1. The summed E-state index contributed by atoms with van der Waals surface area (Å²) in [6.45, 7) is 10.1. The summed E-state index contributed by atoms with van der Waals surface area (Å²) in [5.41, 5.74) is 4.32. The summed E-state index contributed by atoms with van der Waals surface area (Å²) in [5, 5.41) is 8.82. The average Bonchev–Trinajstić information content (AvgIpc) is 3.87. The molecular formula is C32H47N5O5S. The molecule has 1 saturated heterocycles. The molecule has 0 aromatic heterocycles. The van der Waals surface area contributed by atoms with Crippen LogP contribution in [-0.4, -0.2) is 70.4 Å². The second kappa shape index (κ2) is 13.3. The molecule has 10 nitrogen and oxygen atoms in total. The zero-order valence-corrected chi connectivity index (χ0v) is 26.8. The summed E-state index contributed by atoms with van der Waals surface area (Å²) in [4.78, 5) is 68.0. The van der Waals surface area contributed by atoms with Crippen molar-refractivity contribution in [2.75, 3.05) is 12.3 Å². The van der Waals surface area contributed by atoms with E-state index < -0.39 is 47.2 Å². The number of hydrogen-bond acceptors (Lipinski definition) is 6. The maximum absolute atomic E-state index is 14.2. The molecule has 2 aliphatic carbocycles. The molecule has 3 aliphatic rings. The third-order valence-electron chi connectivity index (χ3n) is 8.88. The molecule has 0 spiro atoms. The molecule has 1 aliphatic heterocycles. The SMILES string of the molecule is CC(C)[C@@H]1C[C@@H](C(=O)NC(CC2CC2)C(=O)C(N)=O)N(C(=O)[C@@H](NC(=O)NC2(CSc3ccccc3)CC2)C(C)(C)C)C1. The highest BCUT2D eigenvalue weighted by Crippen LogP contribution is 2.40. The number of likely N-dealkylation sites (tertiary alicyclic amines) is 1. The van der Waals surface area contributed by atoms with Gasteiger partial charge in [-0.25, -0.2) is 4.79 Å². The quantitative estimate of drug-likeness (QED) is 0.198. The van der Waals surface area contributed by atoms with Gasteiger partial charge < -0.3 is 26.6 Å². The van der Waals surface area contributed by atoms with Crippen LogP contribution in [0.1, 0.15) is 73.1 Å². The van der Waals surface area contributed by atoms with Crippen LogP contribution in [0.25, 0.3) is 0 Å². The number of benzene rings is 1. The van der Waals surface area contributed by atoms with Crippen LogP contribution in [0.15, 0.2) is 35.2 Å². The van der Waals surface area contributed by atoms with Gasteiger partial charge in [-0.1, -0.05) is 65.7 Å². The summed E-state index contributed by atoms with van der Waals surface area (Å²) in [6, 6.07) is 6.91. The lowest BCUT2D eigenvalue weighted by Gasteiger charge is -2.36. The first-order valence-electron chi connectivity index (χ1n) is 15.4. The van der Waals surface area contributed by atoms with Crippen LogP contribution < -0.4 is 21.7 Å². The van der Waals surface area contributed by atoms with Gasteiger partial charge in [0.05, 0.1) is 11.6 Å². The molecule has 11 heteroatoms. The molecule has 3 fully saturated rings. The Morgan fingerprint density at radius 3 is 2.23 bits per heavy atom. The number of rotatable bonds is 13. The van der Waals surface area contributed by atoms with Crippen LogP contribution >= 0.6 is 11.8 Å². The number of thioether (sulfide) groups is 1. The minimum atomic E-state index is -1.08. The maximum Gasteiger partial charge on any atom is 0.315 e. The number of urea groups is 1. The lowest BCUT2D eigenvalue weighted by atomic mass is 9.85. The van der Waals surface area contributed by atoms with E-state index in [1.54, 1.807) is 16.7 Å². The third-order valence-corrected chi connectivity index (χ3v) is 10.2. The van der Waals surface area contributed by atoms with Crippen molar-refractivity contribution in [2.45, 2.75) is 102 Å². The molecule has 0 radical (unpaired) electrons. The van der Waals surface area contributed by atoms with Crippen molar-refractivity contribution in [1.29, 1.82) is 0 Å². The number of amides is 5. The molecule has 2 saturated carbocycles. The molecule has 1 aromatic carbocycles. The van der Waals surface area contributed by atoms with Gasteiger partial charge in [0.25, 0.3) is 5.91 Å². The van der Waals surface area contributed by atoms with E-state index in [1.807, 2.05) is 51.1 Å². The van der Waals surface area contributed by atoms with Gasteiger partial charge in [-0.05, 0) is 61.0 Å². The number of hydrogen-bond donors (Lipinski definition) is 4. The van der Waals surface area contributed by atoms with Crippen LogP contribution in [0.4, 0.5) is 4.79 Å². The molecule has 5 amide bonds. The topological polar surface area (TPSA) is 151 Å². The fourth-order valence-electron chi connectivity index (χ4n) is 5.62. The van der Waals surface area contributed by atoms with Crippen molar-refractivity contribution in [3.8, 4) is 0 Å². The average molecular weight is 614 g/mol. The zero-order chi connectivity index (χ0) is 31.5.